The largest absolute Gasteiger partial charge is 0.492 e. The van der Waals surface area contributed by atoms with Crippen LogP contribution in [0.4, 0.5) is 0 Å². The SMILES string of the molecule is CCNCc1cc(C)ccc1OCCS(=O)(=O)C(C)(C)C. The van der Waals surface area contributed by atoms with Crippen LogP contribution >= 0.6 is 0 Å². The number of nitrogens with one attached hydrogen (secondary N) is 1. The van der Waals surface area contributed by atoms with Crippen LogP contribution in [0, 0.1) is 6.92 Å². The molecule has 0 fully saturated rings. The lowest BCUT2D eigenvalue weighted by atomic mass is 10.1. The number of hydrogen-bond donors (Lipinski definition) is 1. The average Bonchev–Trinajstić information content (AvgIpc) is 2.37. The van der Waals surface area contributed by atoms with Crippen LogP contribution in [0.3, 0.4) is 0 Å². The smallest absolute Gasteiger partial charge is 0.158 e. The minimum absolute atomic E-state index is 0.0328. The maximum atomic E-state index is 12.1. The van der Waals surface area contributed by atoms with E-state index in [1.165, 1.54) is 0 Å². The predicted molar refractivity (Wildman–Crippen MR) is 87.6 cm³/mol. The van der Waals surface area contributed by atoms with Crippen molar-refractivity contribution in [3.05, 3.63) is 29.3 Å². The maximum absolute atomic E-state index is 12.1. The van der Waals surface area contributed by atoms with E-state index in [-0.39, 0.29) is 12.4 Å². The van der Waals surface area contributed by atoms with E-state index in [0.717, 1.165) is 30.0 Å². The molecule has 5 heteroatoms. The van der Waals surface area contributed by atoms with Crippen molar-refractivity contribution in [1.82, 2.24) is 5.32 Å². The number of sulfone groups is 1. The van der Waals surface area contributed by atoms with Crippen LogP contribution in [0.1, 0.15) is 38.8 Å². The van der Waals surface area contributed by atoms with Gasteiger partial charge in [0.1, 0.15) is 12.4 Å². The summed E-state index contributed by atoms with van der Waals surface area (Å²) in [4.78, 5) is 0. The monoisotopic (exact) mass is 313 g/mol. The Kier molecular flexibility index (Phi) is 6.23. The molecule has 0 heterocycles. The second-order valence-electron chi connectivity index (χ2n) is 6.17. The first kappa shape index (κ1) is 18.0. The molecule has 0 saturated carbocycles. The lowest BCUT2D eigenvalue weighted by Gasteiger charge is -2.19. The van der Waals surface area contributed by atoms with Crippen molar-refractivity contribution in [3.63, 3.8) is 0 Å². The van der Waals surface area contributed by atoms with Crippen LogP contribution in [0.25, 0.3) is 0 Å². The lowest BCUT2D eigenvalue weighted by molar-refractivity contribution is 0.335. The molecule has 0 unspecified atom stereocenters. The van der Waals surface area contributed by atoms with Gasteiger partial charge in [0.05, 0.1) is 10.5 Å². The first-order chi connectivity index (χ1) is 9.67. The summed E-state index contributed by atoms with van der Waals surface area (Å²) in [6, 6.07) is 5.95. The molecule has 0 aliphatic heterocycles. The zero-order valence-corrected chi connectivity index (χ0v) is 14.5. The minimum atomic E-state index is -3.15. The van der Waals surface area contributed by atoms with Gasteiger partial charge in [0.15, 0.2) is 9.84 Å². The molecule has 0 amide bonds. The summed E-state index contributed by atoms with van der Waals surface area (Å²) < 4.78 is 29.1. The van der Waals surface area contributed by atoms with Crippen LogP contribution in [0.15, 0.2) is 18.2 Å². The molecule has 1 rings (SSSR count). The van der Waals surface area contributed by atoms with Gasteiger partial charge >= 0.3 is 0 Å². The van der Waals surface area contributed by atoms with Crippen LogP contribution in [0.5, 0.6) is 5.75 Å². The van der Waals surface area contributed by atoms with E-state index in [9.17, 15) is 8.42 Å². The molecule has 0 aromatic heterocycles. The molecule has 0 saturated heterocycles. The topological polar surface area (TPSA) is 55.4 Å². The molecule has 21 heavy (non-hydrogen) atoms. The van der Waals surface area contributed by atoms with Crippen molar-refractivity contribution in [2.24, 2.45) is 0 Å². The molecule has 120 valence electrons. The average molecular weight is 313 g/mol. The van der Waals surface area contributed by atoms with Gasteiger partial charge in [-0.2, -0.15) is 0 Å². The Balaban J connectivity index is 2.71. The van der Waals surface area contributed by atoms with Gasteiger partial charge in [-0.25, -0.2) is 8.42 Å². The van der Waals surface area contributed by atoms with Gasteiger partial charge in [0.25, 0.3) is 0 Å². The summed E-state index contributed by atoms with van der Waals surface area (Å²) in [6.07, 6.45) is 0. The quantitative estimate of drug-likeness (QED) is 0.841. The fraction of sp³-hybridized carbons (Fsp3) is 0.625. The van der Waals surface area contributed by atoms with E-state index in [1.54, 1.807) is 20.8 Å². The minimum Gasteiger partial charge on any atom is -0.492 e. The number of ether oxygens (including phenoxy) is 1. The summed E-state index contributed by atoms with van der Waals surface area (Å²) in [7, 11) is -3.15. The van der Waals surface area contributed by atoms with Crippen LogP contribution in [0.2, 0.25) is 0 Å². The first-order valence-electron chi connectivity index (χ1n) is 7.32. The van der Waals surface area contributed by atoms with Gasteiger partial charge < -0.3 is 10.1 Å². The lowest BCUT2D eigenvalue weighted by Crippen LogP contribution is -2.32. The molecule has 1 aromatic rings. The molecule has 1 N–H and O–H groups in total. The van der Waals surface area contributed by atoms with Gasteiger partial charge in [-0.3, -0.25) is 0 Å². The van der Waals surface area contributed by atoms with Crippen molar-refractivity contribution in [3.8, 4) is 5.75 Å². The molecule has 0 radical (unpaired) electrons. The van der Waals surface area contributed by atoms with Gasteiger partial charge in [-0.1, -0.05) is 24.6 Å². The Morgan fingerprint density at radius 1 is 1.24 bits per heavy atom. The molecule has 0 bridgehead atoms. The Morgan fingerprint density at radius 2 is 1.90 bits per heavy atom. The summed E-state index contributed by atoms with van der Waals surface area (Å²) in [5.41, 5.74) is 2.22. The van der Waals surface area contributed by atoms with Gasteiger partial charge in [-0.15, -0.1) is 0 Å². The predicted octanol–water partition coefficient (Wildman–Crippen LogP) is 2.70. The molecular weight excluding hydrogens is 286 g/mol. The Labute approximate surface area is 128 Å². The molecule has 0 aliphatic carbocycles. The summed E-state index contributed by atoms with van der Waals surface area (Å²) in [6.45, 7) is 11.0. The number of benzene rings is 1. The van der Waals surface area contributed by atoms with Crippen molar-refractivity contribution >= 4 is 9.84 Å². The summed E-state index contributed by atoms with van der Waals surface area (Å²) in [5, 5.41) is 3.26. The third-order valence-corrected chi connectivity index (χ3v) is 5.89. The standard InChI is InChI=1S/C16H27NO3S/c1-6-17-12-14-11-13(2)7-8-15(14)20-9-10-21(18,19)16(3,4)5/h7-8,11,17H,6,9-10,12H2,1-5H3. The van der Waals surface area contributed by atoms with Crippen molar-refractivity contribution in [2.45, 2.75) is 45.9 Å². The van der Waals surface area contributed by atoms with E-state index in [0.29, 0.717) is 0 Å². The van der Waals surface area contributed by atoms with E-state index in [2.05, 4.69) is 11.4 Å². The fourth-order valence-electron chi connectivity index (χ4n) is 1.81. The maximum Gasteiger partial charge on any atom is 0.158 e. The molecule has 1 aromatic carbocycles. The van der Waals surface area contributed by atoms with Crippen LogP contribution < -0.4 is 10.1 Å². The van der Waals surface area contributed by atoms with Crippen LogP contribution in [-0.4, -0.2) is 32.1 Å². The second-order valence-corrected chi connectivity index (χ2v) is 9.03. The number of rotatable bonds is 7. The highest BCUT2D eigenvalue weighted by Crippen LogP contribution is 2.21. The van der Waals surface area contributed by atoms with Crippen LogP contribution in [-0.2, 0) is 16.4 Å². The fourth-order valence-corrected chi connectivity index (χ4v) is 2.73. The Bertz CT molecular complexity index is 559. The molecule has 0 aliphatic rings. The molecule has 4 nitrogen and oxygen atoms in total. The van der Waals surface area contributed by atoms with Gasteiger partial charge in [-0.05, 0) is 40.3 Å². The van der Waals surface area contributed by atoms with Crippen molar-refractivity contribution in [2.75, 3.05) is 18.9 Å². The normalized spacial score (nSPS) is 12.4. The van der Waals surface area contributed by atoms with E-state index >= 15 is 0 Å². The summed E-state index contributed by atoms with van der Waals surface area (Å²) in [5.74, 6) is 0.788. The highest BCUT2D eigenvalue weighted by molar-refractivity contribution is 7.92. The highest BCUT2D eigenvalue weighted by atomic mass is 32.2. The molecule has 0 spiro atoms. The Hall–Kier alpha value is -1.07. The van der Waals surface area contributed by atoms with Gasteiger partial charge in [0.2, 0.25) is 0 Å². The highest BCUT2D eigenvalue weighted by Gasteiger charge is 2.28. The first-order valence-corrected chi connectivity index (χ1v) is 8.98. The summed E-state index contributed by atoms with van der Waals surface area (Å²) >= 11 is 0. The van der Waals surface area contributed by atoms with Crippen molar-refractivity contribution < 1.29 is 13.2 Å². The van der Waals surface area contributed by atoms with Crippen molar-refractivity contribution in [1.29, 1.82) is 0 Å². The number of hydrogen-bond acceptors (Lipinski definition) is 4. The van der Waals surface area contributed by atoms with Gasteiger partial charge in [0, 0.05) is 12.1 Å². The molecule has 0 atom stereocenters. The Morgan fingerprint density at radius 3 is 2.48 bits per heavy atom. The zero-order chi connectivity index (χ0) is 16.1. The zero-order valence-electron chi connectivity index (χ0n) is 13.7. The van der Waals surface area contributed by atoms with E-state index < -0.39 is 14.6 Å². The number of aryl methyl sites for hydroxylation is 1. The third kappa shape index (κ3) is 5.32. The van der Waals surface area contributed by atoms with E-state index in [1.807, 2.05) is 26.0 Å². The molecular formula is C16H27NO3S. The second kappa shape index (κ2) is 7.27. The third-order valence-electron chi connectivity index (χ3n) is 3.32. The van der Waals surface area contributed by atoms with E-state index in [4.69, 9.17) is 4.74 Å².